The Balaban J connectivity index is 2.01. The lowest BCUT2D eigenvalue weighted by atomic mass is 9.96. The summed E-state index contributed by atoms with van der Waals surface area (Å²) in [6, 6.07) is 6.90. The minimum atomic E-state index is 0.505. The Morgan fingerprint density at radius 1 is 1.42 bits per heavy atom. The molecule has 0 spiro atoms. The smallest absolute Gasteiger partial charge is 0.128 e. The monoisotopic (exact) mass is 261 g/mol. The van der Waals surface area contributed by atoms with Gasteiger partial charge in [0.2, 0.25) is 0 Å². The van der Waals surface area contributed by atoms with E-state index in [2.05, 4.69) is 49.2 Å². The molecule has 1 saturated heterocycles. The molecule has 0 aliphatic carbocycles. The van der Waals surface area contributed by atoms with Crippen LogP contribution in [-0.2, 0) is 6.54 Å². The molecule has 19 heavy (non-hydrogen) atoms. The summed E-state index contributed by atoms with van der Waals surface area (Å²) < 4.78 is 0. The van der Waals surface area contributed by atoms with Crippen LogP contribution >= 0.6 is 0 Å². The second-order valence-corrected chi connectivity index (χ2v) is 5.89. The van der Waals surface area contributed by atoms with Gasteiger partial charge in [-0.3, -0.25) is 0 Å². The van der Waals surface area contributed by atoms with E-state index in [4.69, 9.17) is 4.98 Å². The first kappa shape index (κ1) is 14.3. The van der Waals surface area contributed by atoms with E-state index in [-0.39, 0.29) is 0 Å². The molecule has 1 aromatic rings. The van der Waals surface area contributed by atoms with Gasteiger partial charge in [-0.15, -0.1) is 0 Å². The molecular weight excluding hydrogens is 234 g/mol. The van der Waals surface area contributed by atoms with E-state index in [1.807, 2.05) is 0 Å². The van der Waals surface area contributed by atoms with E-state index < -0.39 is 0 Å². The summed E-state index contributed by atoms with van der Waals surface area (Å²) in [5.41, 5.74) is 1.14. The maximum atomic E-state index is 4.80. The summed E-state index contributed by atoms with van der Waals surface area (Å²) in [5, 5.41) is 3.43. The third-order valence-electron chi connectivity index (χ3n) is 3.90. The van der Waals surface area contributed by atoms with Crippen LogP contribution < -0.4 is 10.2 Å². The summed E-state index contributed by atoms with van der Waals surface area (Å²) in [4.78, 5) is 7.26. The zero-order chi connectivity index (χ0) is 13.7. The maximum Gasteiger partial charge on any atom is 0.128 e. The molecule has 2 heterocycles. The predicted molar refractivity (Wildman–Crippen MR) is 81.4 cm³/mol. The summed E-state index contributed by atoms with van der Waals surface area (Å²) in [6.45, 7) is 9.82. The molecule has 1 unspecified atom stereocenters. The van der Waals surface area contributed by atoms with Crippen LogP contribution in [0.4, 0.5) is 5.82 Å². The topological polar surface area (TPSA) is 28.2 Å². The number of rotatable bonds is 5. The molecule has 3 nitrogen and oxygen atoms in total. The van der Waals surface area contributed by atoms with E-state index in [9.17, 15) is 0 Å². The van der Waals surface area contributed by atoms with Crippen molar-refractivity contribution in [3.8, 4) is 0 Å². The summed E-state index contributed by atoms with van der Waals surface area (Å²) >= 11 is 0. The third-order valence-corrected chi connectivity index (χ3v) is 3.90. The molecule has 0 radical (unpaired) electrons. The first-order chi connectivity index (χ1) is 9.19. The zero-order valence-electron chi connectivity index (χ0n) is 12.5. The first-order valence-electron chi connectivity index (χ1n) is 7.63. The lowest BCUT2D eigenvalue weighted by molar-refractivity contribution is 0.403. The Bertz CT molecular complexity index is 389. The van der Waals surface area contributed by atoms with Gasteiger partial charge in [0.25, 0.3) is 0 Å². The molecule has 3 heteroatoms. The molecule has 1 aliphatic heterocycles. The zero-order valence-corrected chi connectivity index (χ0v) is 12.5. The molecule has 1 aromatic heterocycles. The van der Waals surface area contributed by atoms with Crippen LogP contribution in [0.25, 0.3) is 0 Å². The van der Waals surface area contributed by atoms with Gasteiger partial charge in [0.05, 0.1) is 5.69 Å². The molecule has 1 aliphatic rings. The van der Waals surface area contributed by atoms with Crippen LogP contribution in [0.2, 0.25) is 0 Å². The van der Waals surface area contributed by atoms with Crippen LogP contribution in [-0.4, -0.2) is 24.1 Å². The van der Waals surface area contributed by atoms with Gasteiger partial charge in [0.15, 0.2) is 0 Å². The number of aromatic nitrogens is 1. The fraction of sp³-hybridized carbons (Fsp3) is 0.688. The highest BCUT2D eigenvalue weighted by atomic mass is 15.2. The summed E-state index contributed by atoms with van der Waals surface area (Å²) in [7, 11) is 0. The minimum Gasteiger partial charge on any atom is -0.356 e. The third kappa shape index (κ3) is 4.20. The van der Waals surface area contributed by atoms with Gasteiger partial charge in [-0.05, 0) is 30.9 Å². The number of nitrogens with zero attached hydrogens (tertiary/aromatic N) is 2. The summed E-state index contributed by atoms with van der Waals surface area (Å²) in [6.07, 6.45) is 3.96. The van der Waals surface area contributed by atoms with Crippen molar-refractivity contribution in [1.29, 1.82) is 0 Å². The van der Waals surface area contributed by atoms with Gasteiger partial charge in [-0.25, -0.2) is 4.98 Å². The van der Waals surface area contributed by atoms with Crippen molar-refractivity contribution < 1.29 is 0 Å². The Kier molecular flexibility index (Phi) is 5.20. The van der Waals surface area contributed by atoms with Gasteiger partial charge in [-0.2, -0.15) is 0 Å². The molecule has 1 atom stereocenters. The number of nitrogens with one attached hydrogen (secondary N) is 1. The predicted octanol–water partition coefficient (Wildman–Crippen LogP) is 3.21. The Hall–Kier alpha value is -1.09. The number of hydrogen-bond donors (Lipinski definition) is 1. The molecular formula is C16H27N3. The van der Waals surface area contributed by atoms with Crippen molar-refractivity contribution in [3.05, 3.63) is 23.9 Å². The molecule has 0 bridgehead atoms. The number of piperidine rings is 1. The van der Waals surface area contributed by atoms with Gasteiger partial charge in [0.1, 0.15) is 5.82 Å². The largest absolute Gasteiger partial charge is 0.356 e. The van der Waals surface area contributed by atoms with Gasteiger partial charge < -0.3 is 10.2 Å². The normalized spacial score (nSPS) is 20.0. The SMILES string of the molecule is CCC1CCCN(c2cccc(CNC(C)C)n2)C1. The van der Waals surface area contributed by atoms with E-state index in [0.717, 1.165) is 30.5 Å². The standard InChI is InChI=1S/C16H27N3/c1-4-14-7-6-10-19(12-14)16-9-5-8-15(18-16)11-17-13(2)3/h5,8-9,13-14,17H,4,6-7,10-12H2,1-3H3. The number of anilines is 1. The van der Waals surface area contributed by atoms with E-state index in [1.54, 1.807) is 0 Å². The second-order valence-electron chi connectivity index (χ2n) is 5.89. The highest BCUT2D eigenvalue weighted by Crippen LogP contribution is 2.23. The van der Waals surface area contributed by atoms with Crippen molar-refractivity contribution in [3.63, 3.8) is 0 Å². The lowest BCUT2D eigenvalue weighted by Gasteiger charge is -2.33. The van der Waals surface area contributed by atoms with Crippen LogP contribution in [0.5, 0.6) is 0 Å². The molecule has 106 valence electrons. The molecule has 0 aromatic carbocycles. The van der Waals surface area contributed by atoms with Crippen LogP contribution in [0.3, 0.4) is 0 Å². The van der Waals surface area contributed by atoms with Crippen molar-refractivity contribution in [2.24, 2.45) is 5.92 Å². The number of pyridine rings is 1. The quantitative estimate of drug-likeness (QED) is 0.882. The molecule has 1 fully saturated rings. The van der Waals surface area contributed by atoms with E-state index in [0.29, 0.717) is 6.04 Å². The molecule has 2 rings (SSSR count). The second kappa shape index (κ2) is 6.90. The van der Waals surface area contributed by atoms with Gasteiger partial charge in [0, 0.05) is 25.7 Å². The Labute approximate surface area is 117 Å². The Morgan fingerprint density at radius 2 is 2.26 bits per heavy atom. The average Bonchev–Trinajstić information content (AvgIpc) is 2.45. The fourth-order valence-electron chi connectivity index (χ4n) is 2.66. The van der Waals surface area contributed by atoms with Crippen LogP contribution in [0.1, 0.15) is 45.7 Å². The van der Waals surface area contributed by atoms with Crippen molar-refractivity contribution in [1.82, 2.24) is 10.3 Å². The molecule has 1 N–H and O–H groups in total. The molecule has 0 saturated carbocycles. The van der Waals surface area contributed by atoms with Crippen LogP contribution in [0, 0.1) is 5.92 Å². The highest BCUT2D eigenvalue weighted by Gasteiger charge is 2.19. The van der Waals surface area contributed by atoms with Crippen molar-refractivity contribution in [2.75, 3.05) is 18.0 Å². The number of hydrogen-bond acceptors (Lipinski definition) is 3. The first-order valence-corrected chi connectivity index (χ1v) is 7.63. The summed E-state index contributed by atoms with van der Waals surface area (Å²) in [5.74, 6) is 1.99. The van der Waals surface area contributed by atoms with E-state index in [1.165, 1.54) is 25.8 Å². The maximum absolute atomic E-state index is 4.80. The van der Waals surface area contributed by atoms with Crippen molar-refractivity contribution >= 4 is 5.82 Å². The highest BCUT2D eigenvalue weighted by molar-refractivity contribution is 5.39. The Morgan fingerprint density at radius 3 is 3.00 bits per heavy atom. The lowest BCUT2D eigenvalue weighted by Crippen LogP contribution is -2.35. The van der Waals surface area contributed by atoms with Crippen molar-refractivity contribution in [2.45, 2.75) is 52.6 Å². The van der Waals surface area contributed by atoms with Gasteiger partial charge >= 0.3 is 0 Å². The van der Waals surface area contributed by atoms with Crippen LogP contribution in [0.15, 0.2) is 18.2 Å². The minimum absolute atomic E-state index is 0.505. The molecule has 0 amide bonds. The fourth-order valence-corrected chi connectivity index (χ4v) is 2.66. The van der Waals surface area contributed by atoms with Gasteiger partial charge in [-0.1, -0.05) is 33.3 Å². The van der Waals surface area contributed by atoms with E-state index >= 15 is 0 Å². The average molecular weight is 261 g/mol.